The summed E-state index contributed by atoms with van der Waals surface area (Å²) in [7, 11) is 0. The van der Waals surface area contributed by atoms with Crippen molar-refractivity contribution in [3.63, 3.8) is 0 Å². The van der Waals surface area contributed by atoms with Crippen LogP contribution in [0, 0.1) is 0 Å². The molecule has 1 N–H and O–H groups in total. The van der Waals surface area contributed by atoms with Crippen molar-refractivity contribution in [2.75, 3.05) is 11.9 Å². The van der Waals surface area contributed by atoms with E-state index in [2.05, 4.69) is 12.2 Å². The largest absolute Gasteiger partial charge is 0.494 e. The van der Waals surface area contributed by atoms with E-state index in [1.54, 1.807) is 0 Å². The first-order valence-corrected chi connectivity index (χ1v) is 6.30. The van der Waals surface area contributed by atoms with E-state index in [0.29, 0.717) is 6.41 Å². The molecule has 1 rings (SSSR count). The second-order valence-corrected chi connectivity index (χ2v) is 4.05. The first kappa shape index (κ1) is 13.6. The van der Waals surface area contributed by atoms with E-state index in [-0.39, 0.29) is 0 Å². The van der Waals surface area contributed by atoms with Gasteiger partial charge in [-0.25, -0.2) is 0 Å². The van der Waals surface area contributed by atoms with Crippen LogP contribution in [0.3, 0.4) is 0 Å². The molecule has 0 aliphatic rings. The topological polar surface area (TPSA) is 38.3 Å². The number of nitrogens with one attached hydrogen (secondary N) is 1. The molecule has 1 aromatic rings. The third-order valence-corrected chi connectivity index (χ3v) is 2.60. The zero-order valence-electron chi connectivity index (χ0n) is 10.4. The smallest absolute Gasteiger partial charge is 0.211 e. The van der Waals surface area contributed by atoms with Gasteiger partial charge in [-0.3, -0.25) is 4.79 Å². The monoisotopic (exact) mass is 235 g/mol. The number of amides is 1. The van der Waals surface area contributed by atoms with Gasteiger partial charge in [-0.15, -0.1) is 0 Å². The summed E-state index contributed by atoms with van der Waals surface area (Å²) in [6, 6.07) is 7.41. The molecule has 0 fully saturated rings. The van der Waals surface area contributed by atoms with E-state index in [9.17, 15) is 4.79 Å². The summed E-state index contributed by atoms with van der Waals surface area (Å²) < 4.78 is 5.60. The molecule has 94 valence electrons. The molecule has 0 saturated carbocycles. The minimum absolute atomic E-state index is 0.670. The fraction of sp³-hybridized carbons (Fsp3) is 0.500. The molecule has 0 heterocycles. The van der Waals surface area contributed by atoms with Gasteiger partial charge in [0.2, 0.25) is 6.41 Å². The highest BCUT2D eigenvalue weighted by atomic mass is 16.5. The second-order valence-electron chi connectivity index (χ2n) is 4.05. The average Bonchev–Trinajstić information content (AvgIpc) is 2.36. The summed E-state index contributed by atoms with van der Waals surface area (Å²) in [6.07, 6.45) is 6.89. The Morgan fingerprint density at radius 1 is 1.12 bits per heavy atom. The van der Waals surface area contributed by atoms with Gasteiger partial charge in [0.25, 0.3) is 0 Å². The molecule has 0 aromatic heterocycles. The van der Waals surface area contributed by atoms with Crippen molar-refractivity contribution in [3.8, 4) is 5.75 Å². The van der Waals surface area contributed by atoms with Crippen LogP contribution >= 0.6 is 0 Å². The van der Waals surface area contributed by atoms with Crippen LogP contribution in [0.5, 0.6) is 5.75 Å². The molecule has 0 aliphatic carbocycles. The van der Waals surface area contributed by atoms with Gasteiger partial charge in [-0.05, 0) is 30.7 Å². The second kappa shape index (κ2) is 8.62. The summed E-state index contributed by atoms with van der Waals surface area (Å²) in [5, 5.41) is 2.59. The number of ether oxygens (including phenoxy) is 1. The lowest BCUT2D eigenvalue weighted by Gasteiger charge is -2.06. The van der Waals surface area contributed by atoms with Crippen molar-refractivity contribution in [3.05, 3.63) is 24.3 Å². The maximum Gasteiger partial charge on any atom is 0.211 e. The molecule has 1 aromatic carbocycles. The molecular weight excluding hydrogens is 214 g/mol. The Kier molecular flexibility index (Phi) is 6.87. The van der Waals surface area contributed by atoms with Crippen LogP contribution in [-0.4, -0.2) is 13.0 Å². The Hall–Kier alpha value is -1.51. The van der Waals surface area contributed by atoms with Gasteiger partial charge in [0.1, 0.15) is 5.75 Å². The number of carbonyl (C=O) groups excluding carboxylic acids is 1. The zero-order chi connectivity index (χ0) is 12.3. The zero-order valence-corrected chi connectivity index (χ0v) is 10.4. The average molecular weight is 235 g/mol. The van der Waals surface area contributed by atoms with Crippen molar-refractivity contribution >= 4 is 12.1 Å². The van der Waals surface area contributed by atoms with Crippen LogP contribution in [0.15, 0.2) is 24.3 Å². The Labute approximate surface area is 103 Å². The van der Waals surface area contributed by atoms with E-state index in [4.69, 9.17) is 4.74 Å². The Bertz CT molecular complexity index is 309. The fourth-order valence-corrected chi connectivity index (χ4v) is 1.61. The molecule has 1 amide bonds. The highest BCUT2D eigenvalue weighted by Crippen LogP contribution is 2.15. The number of hydrogen-bond acceptors (Lipinski definition) is 2. The summed E-state index contributed by atoms with van der Waals surface area (Å²) in [6.45, 7) is 2.98. The molecule has 3 heteroatoms. The van der Waals surface area contributed by atoms with Gasteiger partial charge in [0, 0.05) is 5.69 Å². The van der Waals surface area contributed by atoms with Crippen molar-refractivity contribution in [2.24, 2.45) is 0 Å². The van der Waals surface area contributed by atoms with E-state index >= 15 is 0 Å². The third-order valence-electron chi connectivity index (χ3n) is 2.60. The van der Waals surface area contributed by atoms with Gasteiger partial charge in [-0.2, -0.15) is 0 Å². The highest BCUT2D eigenvalue weighted by Gasteiger charge is 1.95. The normalized spacial score (nSPS) is 9.94. The van der Waals surface area contributed by atoms with Crippen molar-refractivity contribution in [1.29, 1.82) is 0 Å². The Morgan fingerprint density at radius 3 is 2.47 bits per heavy atom. The van der Waals surface area contributed by atoms with Gasteiger partial charge in [-0.1, -0.05) is 32.6 Å². The summed E-state index contributed by atoms with van der Waals surface area (Å²) in [4.78, 5) is 10.2. The van der Waals surface area contributed by atoms with E-state index in [0.717, 1.165) is 24.5 Å². The molecule has 0 bridgehead atoms. The van der Waals surface area contributed by atoms with Crippen LogP contribution in [-0.2, 0) is 4.79 Å². The number of benzene rings is 1. The molecule has 0 aliphatic heterocycles. The van der Waals surface area contributed by atoms with Gasteiger partial charge < -0.3 is 10.1 Å². The predicted octanol–water partition coefficient (Wildman–Crippen LogP) is 3.60. The molecule has 0 unspecified atom stereocenters. The number of anilines is 1. The first-order chi connectivity index (χ1) is 8.36. The number of carbonyl (C=O) groups is 1. The Morgan fingerprint density at radius 2 is 1.82 bits per heavy atom. The van der Waals surface area contributed by atoms with E-state index in [1.165, 1.54) is 25.7 Å². The quantitative estimate of drug-likeness (QED) is 0.524. The summed E-state index contributed by atoms with van der Waals surface area (Å²) in [5.74, 6) is 0.858. The lowest BCUT2D eigenvalue weighted by Crippen LogP contribution is -1.98. The van der Waals surface area contributed by atoms with Crippen LogP contribution in [0.1, 0.15) is 39.0 Å². The lowest BCUT2D eigenvalue weighted by molar-refractivity contribution is -0.105. The van der Waals surface area contributed by atoms with Crippen LogP contribution < -0.4 is 10.1 Å². The number of unbranched alkanes of at least 4 members (excludes halogenated alkanes) is 4. The molecular formula is C14H21NO2. The molecule has 0 spiro atoms. The molecule has 0 saturated heterocycles. The molecule has 0 atom stereocenters. The standard InChI is InChI=1S/C14H21NO2/c1-2-3-4-5-6-11-17-14-9-7-13(8-10-14)15-12-16/h7-10,12H,2-6,11H2,1H3,(H,15,16). The molecule has 3 nitrogen and oxygen atoms in total. The van der Waals surface area contributed by atoms with Crippen molar-refractivity contribution in [2.45, 2.75) is 39.0 Å². The van der Waals surface area contributed by atoms with E-state index < -0.39 is 0 Å². The van der Waals surface area contributed by atoms with Gasteiger partial charge in [0.15, 0.2) is 0 Å². The van der Waals surface area contributed by atoms with Gasteiger partial charge >= 0.3 is 0 Å². The molecule has 0 radical (unpaired) electrons. The maximum absolute atomic E-state index is 10.2. The summed E-state index contributed by atoms with van der Waals surface area (Å²) in [5.41, 5.74) is 0.787. The predicted molar refractivity (Wildman–Crippen MR) is 70.4 cm³/mol. The minimum Gasteiger partial charge on any atom is -0.494 e. The highest BCUT2D eigenvalue weighted by molar-refractivity contribution is 5.71. The maximum atomic E-state index is 10.2. The Balaban J connectivity index is 2.16. The van der Waals surface area contributed by atoms with Crippen molar-refractivity contribution < 1.29 is 9.53 Å². The van der Waals surface area contributed by atoms with Crippen molar-refractivity contribution in [1.82, 2.24) is 0 Å². The molecule has 17 heavy (non-hydrogen) atoms. The lowest BCUT2D eigenvalue weighted by atomic mass is 10.2. The van der Waals surface area contributed by atoms with Gasteiger partial charge in [0.05, 0.1) is 6.61 Å². The van der Waals surface area contributed by atoms with E-state index in [1.807, 2.05) is 24.3 Å². The first-order valence-electron chi connectivity index (χ1n) is 6.30. The third kappa shape index (κ3) is 5.95. The fourth-order valence-electron chi connectivity index (χ4n) is 1.61. The SMILES string of the molecule is CCCCCCCOc1ccc(NC=O)cc1. The van der Waals surface area contributed by atoms with Crippen LogP contribution in [0.25, 0.3) is 0 Å². The number of rotatable bonds is 9. The van der Waals surface area contributed by atoms with Crippen LogP contribution in [0.4, 0.5) is 5.69 Å². The number of hydrogen-bond donors (Lipinski definition) is 1. The summed E-state index contributed by atoms with van der Waals surface area (Å²) >= 11 is 0. The van der Waals surface area contributed by atoms with Crippen LogP contribution in [0.2, 0.25) is 0 Å². The minimum atomic E-state index is 0.670.